The fourth-order valence-electron chi connectivity index (χ4n) is 1.83. The Balaban J connectivity index is 2.27. The summed E-state index contributed by atoms with van der Waals surface area (Å²) in [6.45, 7) is 4.84. The van der Waals surface area contributed by atoms with Crippen LogP contribution < -0.4 is 5.73 Å². The van der Waals surface area contributed by atoms with Crippen molar-refractivity contribution in [1.82, 2.24) is 4.90 Å². The number of carbonyl (C=O) groups is 1. The molecule has 0 spiro atoms. The van der Waals surface area contributed by atoms with Gasteiger partial charge in [-0.15, -0.1) is 11.3 Å². The van der Waals surface area contributed by atoms with E-state index in [0.29, 0.717) is 18.3 Å². The van der Waals surface area contributed by atoms with Gasteiger partial charge >= 0.3 is 6.03 Å². The van der Waals surface area contributed by atoms with E-state index >= 15 is 0 Å². The zero-order valence-corrected chi connectivity index (χ0v) is 10.2. The highest BCUT2D eigenvalue weighted by atomic mass is 32.1. The third kappa shape index (κ3) is 1.95. The second-order valence-electron chi connectivity index (χ2n) is 4.28. The van der Waals surface area contributed by atoms with Gasteiger partial charge in [0, 0.05) is 11.4 Å². The zero-order valence-electron chi connectivity index (χ0n) is 9.38. The van der Waals surface area contributed by atoms with Crippen LogP contribution in [0, 0.1) is 5.92 Å². The maximum atomic E-state index is 11.7. The Labute approximate surface area is 98.8 Å². The van der Waals surface area contributed by atoms with E-state index in [-0.39, 0.29) is 12.1 Å². The third-order valence-electron chi connectivity index (χ3n) is 2.44. The van der Waals surface area contributed by atoms with Crippen molar-refractivity contribution in [3.8, 4) is 0 Å². The molecule has 4 nitrogen and oxygen atoms in total. The second-order valence-corrected chi connectivity index (χ2v) is 5.26. The molecule has 1 unspecified atom stereocenters. The van der Waals surface area contributed by atoms with Crippen LogP contribution in [0.4, 0.5) is 4.79 Å². The first-order chi connectivity index (χ1) is 7.59. The molecule has 1 aliphatic rings. The summed E-state index contributed by atoms with van der Waals surface area (Å²) in [4.78, 5) is 18.4. The number of aliphatic imine (C=N–C) groups is 1. The quantitative estimate of drug-likeness (QED) is 0.876. The molecule has 0 saturated heterocycles. The molecule has 2 N–H and O–H groups in total. The minimum Gasteiger partial charge on any atom is -0.385 e. The van der Waals surface area contributed by atoms with Gasteiger partial charge in [-0.2, -0.15) is 4.99 Å². The van der Waals surface area contributed by atoms with Gasteiger partial charge in [0.05, 0.1) is 0 Å². The van der Waals surface area contributed by atoms with Gasteiger partial charge in [-0.1, -0.05) is 19.9 Å². The number of amidine groups is 1. The molecule has 2 heterocycles. The van der Waals surface area contributed by atoms with Crippen LogP contribution in [-0.2, 0) is 0 Å². The van der Waals surface area contributed by atoms with Gasteiger partial charge < -0.3 is 10.6 Å². The Morgan fingerprint density at radius 2 is 2.38 bits per heavy atom. The summed E-state index contributed by atoms with van der Waals surface area (Å²) in [6.07, 6.45) is 0. The van der Waals surface area contributed by atoms with Gasteiger partial charge in [-0.3, -0.25) is 0 Å². The molecule has 16 heavy (non-hydrogen) atoms. The summed E-state index contributed by atoms with van der Waals surface area (Å²) in [7, 11) is 0. The number of amides is 2. The van der Waals surface area contributed by atoms with Crippen molar-refractivity contribution in [3.63, 3.8) is 0 Å². The standard InChI is InChI=1S/C11H15N3OS/c1-7(2)6-14-9(8-4-3-5-16-8)10(12)13-11(14)15/h3-5,7,9H,6H2,1-2H3,(H2,12,13,15). The lowest BCUT2D eigenvalue weighted by Gasteiger charge is -2.24. The van der Waals surface area contributed by atoms with E-state index in [1.807, 2.05) is 17.5 Å². The molecule has 0 saturated carbocycles. The average molecular weight is 237 g/mol. The molecular weight excluding hydrogens is 222 g/mol. The van der Waals surface area contributed by atoms with Crippen molar-refractivity contribution in [3.05, 3.63) is 22.4 Å². The van der Waals surface area contributed by atoms with Crippen LogP contribution in [0.3, 0.4) is 0 Å². The highest BCUT2D eigenvalue weighted by molar-refractivity contribution is 7.10. The van der Waals surface area contributed by atoms with E-state index in [4.69, 9.17) is 5.73 Å². The van der Waals surface area contributed by atoms with Gasteiger partial charge in [-0.25, -0.2) is 4.79 Å². The topological polar surface area (TPSA) is 58.7 Å². The predicted molar refractivity (Wildman–Crippen MR) is 65.6 cm³/mol. The molecule has 5 heteroatoms. The summed E-state index contributed by atoms with van der Waals surface area (Å²) in [5.41, 5.74) is 5.82. The van der Waals surface area contributed by atoms with Crippen molar-refractivity contribution in [2.24, 2.45) is 16.6 Å². The molecule has 1 atom stereocenters. The van der Waals surface area contributed by atoms with Crippen LogP contribution in [0.2, 0.25) is 0 Å². The molecule has 1 aromatic rings. The van der Waals surface area contributed by atoms with Crippen LogP contribution in [0.5, 0.6) is 0 Å². The fourth-order valence-corrected chi connectivity index (χ4v) is 2.68. The van der Waals surface area contributed by atoms with Crippen LogP contribution in [0.1, 0.15) is 24.8 Å². The lowest BCUT2D eigenvalue weighted by atomic mass is 10.1. The van der Waals surface area contributed by atoms with E-state index in [1.54, 1.807) is 16.2 Å². The van der Waals surface area contributed by atoms with Crippen molar-refractivity contribution in [1.29, 1.82) is 0 Å². The number of hydrogen-bond donors (Lipinski definition) is 1. The minimum atomic E-state index is -0.218. The van der Waals surface area contributed by atoms with Crippen molar-refractivity contribution in [2.45, 2.75) is 19.9 Å². The maximum absolute atomic E-state index is 11.7. The van der Waals surface area contributed by atoms with Crippen LogP contribution in [0.25, 0.3) is 0 Å². The monoisotopic (exact) mass is 237 g/mol. The minimum absolute atomic E-state index is 0.158. The number of hydrogen-bond acceptors (Lipinski definition) is 3. The number of rotatable bonds is 3. The Hall–Kier alpha value is -1.36. The summed E-state index contributed by atoms with van der Waals surface area (Å²) in [6, 6.07) is 3.58. The molecule has 86 valence electrons. The molecule has 0 aliphatic carbocycles. The molecule has 2 amide bonds. The van der Waals surface area contributed by atoms with Gasteiger partial charge in [0.15, 0.2) is 0 Å². The number of nitrogens with zero attached hydrogens (tertiary/aromatic N) is 2. The van der Waals surface area contributed by atoms with Crippen LogP contribution in [-0.4, -0.2) is 23.3 Å². The molecule has 1 aliphatic heterocycles. The Bertz CT molecular complexity index is 411. The summed E-state index contributed by atoms with van der Waals surface area (Å²) < 4.78 is 0. The van der Waals surface area contributed by atoms with E-state index in [0.717, 1.165) is 4.88 Å². The molecular formula is C11H15N3OS. The Morgan fingerprint density at radius 3 is 2.94 bits per heavy atom. The van der Waals surface area contributed by atoms with E-state index in [1.165, 1.54) is 0 Å². The number of thiophene rings is 1. The van der Waals surface area contributed by atoms with E-state index < -0.39 is 0 Å². The SMILES string of the molecule is CC(C)CN1C(=O)N=C(N)C1c1cccs1. The normalized spacial score (nSPS) is 20.7. The maximum Gasteiger partial charge on any atom is 0.346 e. The lowest BCUT2D eigenvalue weighted by Crippen LogP contribution is -2.35. The molecule has 1 aromatic heterocycles. The molecule has 2 rings (SSSR count). The largest absolute Gasteiger partial charge is 0.385 e. The first kappa shape index (κ1) is 11.1. The molecule has 0 radical (unpaired) electrons. The summed E-state index contributed by atoms with van der Waals surface area (Å²) >= 11 is 1.60. The van der Waals surface area contributed by atoms with Gasteiger partial charge in [0.2, 0.25) is 0 Å². The zero-order chi connectivity index (χ0) is 11.7. The van der Waals surface area contributed by atoms with Gasteiger partial charge in [0.1, 0.15) is 11.9 Å². The van der Waals surface area contributed by atoms with Gasteiger partial charge in [0.25, 0.3) is 0 Å². The molecule has 0 bridgehead atoms. The Kier molecular flexibility index (Phi) is 2.96. The highest BCUT2D eigenvalue weighted by Gasteiger charge is 2.35. The van der Waals surface area contributed by atoms with Crippen molar-refractivity contribution >= 4 is 23.2 Å². The smallest absolute Gasteiger partial charge is 0.346 e. The third-order valence-corrected chi connectivity index (χ3v) is 3.36. The molecule has 0 fully saturated rings. The van der Waals surface area contributed by atoms with Gasteiger partial charge in [-0.05, 0) is 17.4 Å². The van der Waals surface area contributed by atoms with E-state index in [9.17, 15) is 4.79 Å². The van der Waals surface area contributed by atoms with Crippen LogP contribution in [0.15, 0.2) is 22.5 Å². The summed E-state index contributed by atoms with van der Waals surface area (Å²) in [5.74, 6) is 0.820. The second kappa shape index (κ2) is 4.25. The number of nitrogens with two attached hydrogens (primary N) is 1. The first-order valence-electron chi connectivity index (χ1n) is 5.27. The average Bonchev–Trinajstić information content (AvgIpc) is 2.75. The molecule has 0 aromatic carbocycles. The Morgan fingerprint density at radius 1 is 1.62 bits per heavy atom. The van der Waals surface area contributed by atoms with Crippen LogP contribution >= 0.6 is 11.3 Å². The number of carbonyl (C=O) groups excluding carboxylic acids is 1. The van der Waals surface area contributed by atoms with Crippen molar-refractivity contribution in [2.75, 3.05) is 6.54 Å². The fraction of sp³-hybridized carbons (Fsp3) is 0.455. The summed E-state index contributed by atoms with van der Waals surface area (Å²) in [5, 5.41) is 1.99. The number of urea groups is 1. The lowest BCUT2D eigenvalue weighted by molar-refractivity contribution is 0.199. The first-order valence-corrected chi connectivity index (χ1v) is 6.15. The predicted octanol–water partition coefficient (Wildman–Crippen LogP) is 2.24. The highest BCUT2D eigenvalue weighted by Crippen LogP contribution is 2.30. The van der Waals surface area contributed by atoms with E-state index in [2.05, 4.69) is 18.8 Å². The van der Waals surface area contributed by atoms with Crippen molar-refractivity contribution < 1.29 is 4.79 Å².